The Labute approximate surface area is 113 Å². The van der Waals surface area contributed by atoms with Gasteiger partial charge in [-0.15, -0.1) is 0 Å². The van der Waals surface area contributed by atoms with Crippen LogP contribution in [0.2, 0.25) is 0 Å². The van der Waals surface area contributed by atoms with Crippen LogP contribution in [0.4, 0.5) is 5.69 Å². The third-order valence-electron chi connectivity index (χ3n) is 3.26. The molecule has 0 atom stereocenters. The molecule has 0 aliphatic rings. The van der Waals surface area contributed by atoms with Gasteiger partial charge in [-0.2, -0.15) is 5.10 Å². The zero-order valence-corrected chi connectivity index (χ0v) is 11.6. The van der Waals surface area contributed by atoms with E-state index in [0.717, 1.165) is 23.5 Å². The third-order valence-corrected chi connectivity index (χ3v) is 3.26. The summed E-state index contributed by atoms with van der Waals surface area (Å²) in [4.78, 5) is 12.0. The molecule has 1 N–H and O–H groups in total. The van der Waals surface area contributed by atoms with Crippen LogP contribution >= 0.6 is 0 Å². The predicted octanol–water partition coefficient (Wildman–Crippen LogP) is 2.61. The Morgan fingerprint density at radius 2 is 1.95 bits per heavy atom. The van der Waals surface area contributed by atoms with Gasteiger partial charge in [0.25, 0.3) is 0 Å². The summed E-state index contributed by atoms with van der Waals surface area (Å²) < 4.78 is 1.78. The number of aromatic nitrogens is 2. The Morgan fingerprint density at radius 1 is 1.26 bits per heavy atom. The molecular weight excluding hydrogens is 238 g/mol. The van der Waals surface area contributed by atoms with Gasteiger partial charge in [-0.05, 0) is 25.8 Å². The highest BCUT2D eigenvalue weighted by Crippen LogP contribution is 2.18. The van der Waals surface area contributed by atoms with E-state index in [1.165, 1.54) is 5.56 Å². The maximum atomic E-state index is 12.0. The van der Waals surface area contributed by atoms with Gasteiger partial charge < -0.3 is 5.32 Å². The van der Waals surface area contributed by atoms with Crippen LogP contribution in [0.15, 0.2) is 30.3 Å². The zero-order valence-electron chi connectivity index (χ0n) is 11.6. The van der Waals surface area contributed by atoms with Crippen molar-refractivity contribution in [3.05, 3.63) is 47.3 Å². The van der Waals surface area contributed by atoms with Crippen LogP contribution in [-0.4, -0.2) is 15.7 Å². The summed E-state index contributed by atoms with van der Waals surface area (Å²) in [5.74, 6) is 0.0306. The highest BCUT2D eigenvalue weighted by atomic mass is 16.1. The minimum atomic E-state index is 0.0306. The van der Waals surface area contributed by atoms with Crippen molar-refractivity contribution in [2.24, 2.45) is 7.05 Å². The van der Waals surface area contributed by atoms with Crippen LogP contribution in [0, 0.1) is 13.8 Å². The van der Waals surface area contributed by atoms with Gasteiger partial charge in [-0.25, -0.2) is 0 Å². The molecule has 2 aromatic rings. The molecule has 4 heteroatoms. The van der Waals surface area contributed by atoms with Crippen LogP contribution < -0.4 is 5.32 Å². The third kappa shape index (κ3) is 3.22. The van der Waals surface area contributed by atoms with E-state index >= 15 is 0 Å². The molecule has 19 heavy (non-hydrogen) atoms. The van der Waals surface area contributed by atoms with Crippen LogP contribution in [0.3, 0.4) is 0 Å². The molecule has 4 nitrogen and oxygen atoms in total. The van der Waals surface area contributed by atoms with E-state index in [0.29, 0.717) is 6.42 Å². The number of amides is 1. The molecule has 0 bridgehead atoms. The topological polar surface area (TPSA) is 46.9 Å². The number of benzene rings is 1. The molecule has 1 aromatic carbocycles. The second-order valence-electron chi connectivity index (χ2n) is 4.70. The average molecular weight is 257 g/mol. The smallest absolute Gasteiger partial charge is 0.224 e. The molecule has 0 unspecified atom stereocenters. The van der Waals surface area contributed by atoms with E-state index in [1.807, 2.05) is 51.2 Å². The van der Waals surface area contributed by atoms with Crippen LogP contribution in [-0.2, 0) is 18.3 Å². The number of nitrogens with one attached hydrogen (secondary N) is 1. The lowest BCUT2D eigenvalue weighted by Gasteiger charge is -2.05. The summed E-state index contributed by atoms with van der Waals surface area (Å²) in [6, 6.07) is 10.0. The van der Waals surface area contributed by atoms with Crippen molar-refractivity contribution in [3.8, 4) is 0 Å². The van der Waals surface area contributed by atoms with Crippen molar-refractivity contribution in [2.45, 2.75) is 26.7 Å². The number of hydrogen-bond donors (Lipinski definition) is 1. The lowest BCUT2D eigenvalue weighted by Crippen LogP contribution is -2.13. The number of rotatable bonds is 4. The summed E-state index contributed by atoms with van der Waals surface area (Å²) in [7, 11) is 1.88. The molecule has 100 valence electrons. The molecule has 1 aromatic heterocycles. The molecule has 1 amide bonds. The number of nitrogens with zero attached hydrogens (tertiary/aromatic N) is 2. The number of carbonyl (C=O) groups excluding carboxylic acids is 1. The predicted molar refractivity (Wildman–Crippen MR) is 76.1 cm³/mol. The second-order valence-corrected chi connectivity index (χ2v) is 4.70. The van der Waals surface area contributed by atoms with Gasteiger partial charge >= 0.3 is 0 Å². The zero-order chi connectivity index (χ0) is 13.8. The average Bonchev–Trinajstić information content (AvgIpc) is 2.64. The highest BCUT2D eigenvalue weighted by molar-refractivity contribution is 5.92. The van der Waals surface area contributed by atoms with Gasteiger partial charge in [-0.1, -0.05) is 30.3 Å². The molecule has 2 rings (SSSR count). The van der Waals surface area contributed by atoms with E-state index in [4.69, 9.17) is 0 Å². The minimum absolute atomic E-state index is 0.0306. The van der Waals surface area contributed by atoms with Crippen molar-refractivity contribution in [3.63, 3.8) is 0 Å². The van der Waals surface area contributed by atoms with Crippen molar-refractivity contribution in [1.82, 2.24) is 9.78 Å². The van der Waals surface area contributed by atoms with Crippen LogP contribution in [0.1, 0.15) is 23.4 Å². The first-order valence-corrected chi connectivity index (χ1v) is 6.42. The monoisotopic (exact) mass is 257 g/mol. The molecule has 0 aliphatic heterocycles. The van der Waals surface area contributed by atoms with E-state index in [-0.39, 0.29) is 5.91 Å². The summed E-state index contributed by atoms with van der Waals surface area (Å²) in [5, 5.41) is 7.23. The molecule has 0 saturated heterocycles. The molecular formula is C15H19N3O. The SMILES string of the molecule is Cc1nn(C)c(C)c1NC(=O)CCc1ccccc1. The molecule has 0 saturated carbocycles. The number of anilines is 1. The van der Waals surface area contributed by atoms with Crippen molar-refractivity contribution < 1.29 is 4.79 Å². The maximum absolute atomic E-state index is 12.0. The minimum Gasteiger partial charge on any atom is -0.323 e. The first kappa shape index (κ1) is 13.3. The van der Waals surface area contributed by atoms with Gasteiger partial charge in [0.1, 0.15) is 0 Å². The summed E-state index contributed by atoms with van der Waals surface area (Å²) >= 11 is 0. The molecule has 1 heterocycles. The highest BCUT2D eigenvalue weighted by Gasteiger charge is 2.12. The summed E-state index contributed by atoms with van der Waals surface area (Å²) in [5.41, 5.74) is 3.84. The Balaban J connectivity index is 1.95. The number of aryl methyl sites for hydroxylation is 3. The molecule has 0 spiro atoms. The van der Waals surface area contributed by atoms with Crippen molar-refractivity contribution in [1.29, 1.82) is 0 Å². The first-order chi connectivity index (χ1) is 9.08. The first-order valence-electron chi connectivity index (χ1n) is 6.42. The number of carbonyl (C=O) groups is 1. The largest absolute Gasteiger partial charge is 0.323 e. The fraction of sp³-hybridized carbons (Fsp3) is 0.333. The summed E-state index contributed by atoms with van der Waals surface area (Å²) in [6.07, 6.45) is 1.24. The fourth-order valence-corrected chi connectivity index (χ4v) is 2.06. The number of hydrogen-bond acceptors (Lipinski definition) is 2. The van der Waals surface area contributed by atoms with Gasteiger partial charge in [0.2, 0.25) is 5.91 Å². The standard InChI is InChI=1S/C15H19N3O/c1-11-15(12(2)18(3)17-11)16-14(19)10-9-13-7-5-4-6-8-13/h4-8H,9-10H2,1-3H3,(H,16,19). The Hall–Kier alpha value is -2.10. The van der Waals surface area contributed by atoms with Gasteiger partial charge in [-0.3, -0.25) is 9.48 Å². The Morgan fingerprint density at radius 3 is 2.53 bits per heavy atom. The van der Waals surface area contributed by atoms with Crippen LogP contribution in [0.25, 0.3) is 0 Å². The quantitative estimate of drug-likeness (QED) is 0.915. The van der Waals surface area contributed by atoms with Gasteiger partial charge in [0, 0.05) is 13.5 Å². The van der Waals surface area contributed by atoms with Crippen LogP contribution in [0.5, 0.6) is 0 Å². The fourth-order valence-electron chi connectivity index (χ4n) is 2.06. The van der Waals surface area contributed by atoms with Gasteiger partial charge in [0.15, 0.2) is 0 Å². The van der Waals surface area contributed by atoms with Gasteiger partial charge in [0.05, 0.1) is 17.1 Å². The van der Waals surface area contributed by atoms with E-state index < -0.39 is 0 Å². The molecule has 0 aliphatic carbocycles. The normalized spacial score (nSPS) is 10.5. The van der Waals surface area contributed by atoms with E-state index in [1.54, 1.807) is 4.68 Å². The van der Waals surface area contributed by atoms with Crippen molar-refractivity contribution >= 4 is 11.6 Å². The lowest BCUT2D eigenvalue weighted by molar-refractivity contribution is -0.116. The Bertz CT molecular complexity index is 573. The van der Waals surface area contributed by atoms with Crippen molar-refractivity contribution in [2.75, 3.05) is 5.32 Å². The maximum Gasteiger partial charge on any atom is 0.224 e. The lowest BCUT2D eigenvalue weighted by atomic mass is 10.1. The molecule has 0 fully saturated rings. The summed E-state index contributed by atoms with van der Waals surface area (Å²) in [6.45, 7) is 3.85. The van der Waals surface area contributed by atoms with E-state index in [2.05, 4.69) is 10.4 Å². The Kier molecular flexibility index (Phi) is 4.00. The molecule has 0 radical (unpaired) electrons. The van der Waals surface area contributed by atoms with E-state index in [9.17, 15) is 4.79 Å². The second kappa shape index (κ2) is 5.69.